The van der Waals surface area contributed by atoms with E-state index >= 15 is 0 Å². The van der Waals surface area contributed by atoms with Gasteiger partial charge in [0.1, 0.15) is 17.2 Å². The van der Waals surface area contributed by atoms with Gasteiger partial charge in [0.15, 0.2) is 11.6 Å². The summed E-state index contributed by atoms with van der Waals surface area (Å²) in [5.41, 5.74) is 1.21. The average Bonchev–Trinajstić information content (AvgIpc) is 2.58. The van der Waals surface area contributed by atoms with E-state index in [4.69, 9.17) is 11.6 Å². The lowest BCUT2D eigenvalue weighted by atomic mass is 10.3. The Morgan fingerprint density at radius 3 is 2.50 bits per heavy atom. The molecule has 5 nitrogen and oxygen atoms in total. The number of hydrogen-bond donors (Lipinski definition) is 0. The molecule has 0 aliphatic heterocycles. The molecule has 0 N–H and O–H groups in total. The SMILES string of the molecule is CC(=O)c1nc(-c2cncnc2)c(Cl)n1C. The van der Waals surface area contributed by atoms with E-state index in [0.29, 0.717) is 22.2 Å². The van der Waals surface area contributed by atoms with Crippen LogP contribution in [0.1, 0.15) is 17.5 Å². The van der Waals surface area contributed by atoms with Gasteiger partial charge in [-0.2, -0.15) is 0 Å². The van der Waals surface area contributed by atoms with E-state index in [1.807, 2.05) is 0 Å². The van der Waals surface area contributed by atoms with Crippen LogP contribution in [-0.2, 0) is 7.05 Å². The van der Waals surface area contributed by atoms with Crippen LogP contribution in [0.5, 0.6) is 0 Å². The van der Waals surface area contributed by atoms with Crippen LogP contribution >= 0.6 is 11.6 Å². The number of Topliss-reactive ketones (excluding diaryl/α,β-unsaturated/α-hetero) is 1. The highest BCUT2D eigenvalue weighted by Gasteiger charge is 2.17. The van der Waals surface area contributed by atoms with Gasteiger partial charge >= 0.3 is 0 Å². The molecule has 0 aromatic carbocycles. The van der Waals surface area contributed by atoms with Gasteiger partial charge in [0.2, 0.25) is 0 Å². The zero-order chi connectivity index (χ0) is 11.7. The Morgan fingerprint density at radius 2 is 2.00 bits per heavy atom. The van der Waals surface area contributed by atoms with Crippen LogP contribution in [0, 0.1) is 0 Å². The lowest BCUT2D eigenvalue weighted by Crippen LogP contribution is -2.02. The Bertz CT molecular complexity index is 535. The summed E-state index contributed by atoms with van der Waals surface area (Å²) in [6.45, 7) is 1.45. The third-order valence-corrected chi connectivity index (χ3v) is 2.61. The summed E-state index contributed by atoms with van der Waals surface area (Å²) in [5.74, 6) is 0.191. The van der Waals surface area contributed by atoms with E-state index in [1.54, 1.807) is 24.0 Å². The van der Waals surface area contributed by atoms with E-state index < -0.39 is 0 Å². The lowest BCUT2D eigenvalue weighted by molar-refractivity contribution is 0.100. The minimum Gasteiger partial charge on any atom is -0.315 e. The summed E-state index contributed by atoms with van der Waals surface area (Å²) in [6.07, 6.45) is 4.63. The second kappa shape index (κ2) is 4.02. The van der Waals surface area contributed by atoms with Gasteiger partial charge in [-0.05, 0) is 0 Å². The second-order valence-electron chi connectivity index (χ2n) is 3.32. The molecule has 2 aromatic rings. The van der Waals surface area contributed by atoms with Gasteiger partial charge in [-0.3, -0.25) is 4.79 Å². The van der Waals surface area contributed by atoms with Crippen molar-refractivity contribution < 1.29 is 4.79 Å². The van der Waals surface area contributed by atoms with E-state index in [-0.39, 0.29) is 5.78 Å². The van der Waals surface area contributed by atoms with Crippen molar-refractivity contribution in [1.82, 2.24) is 19.5 Å². The number of ketones is 1. The van der Waals surface area contributed by atoms with Crippen molar-refractivity contribution in [1.29, 1.82) is 0 Å². The summed E-state index contributed by atoms with van der Waals surface area (Å²) >= 11 is 6.09. The number of aromatic nitrogens is 4. The van der Waals surface area contributed by atoms with Gasteiger partial charge in [-0.1, -0.05) is 11.6 Å². The zero-order valence-electron chi connectivity index (χ0n) is 8.81. The van der Waals surface area contributed by atoms with Gasteiger partial charge in [-0.15, -0.1) is 0 Å². The van der Waals surface area contributed by atoms with Gasteiger partial charge in [0, 0.05) is 31.9 Å². The van der Waals surface area contributed by atoms with Gasteiger partial charge in [0.05, 0.1) is 0 Å². The fourth-order valence-electron chi connectivity index (χ4n) is 1.40. The Kier molecular flexibility index (Phi) is 2.70. The first kappa shape index (κ1) is 10.8. The summed E-state index contributed by atoms with van der Waals surface area (Å²) in [5, 5.41) is 0.403. The third kappa shape index (κ3) is 1.69. The molecular formula is C10H9ClN4O. The number of hydrogen-bond acceptors (Lipinski definition) is 4. The predicted molar refractivity (Wildman–Crippen MR) is 59.2 cm³/mol. The molecule has 2 rings (SSSR count). The number of nitrogens with zero attached hydrogens (tertiary/aromatic N) is 4. The molecule has 82 valence electrons. The second-order valence-corrected chi connectivity index (χ2v) is 3.68. The van der Waals surface area contributed by atoms with Crippen LogP contribution in [0.15, 0.2) is 18.7 Å². The fourth-order valence-corrected chi connectivity index (χ4v) is 1.63. The molecule has 0 spiro atoms. The molecule has 0 fully saturated rings. The summed E-state index contributed by atoms with van der Waals surface area (Å²) in [6, 6.07) is 0. The quantitative estimate of drug-likeness (QED) is 0.745. The maximum atomic E-state index is 11.3. The Balaban J connectivity index is 2.60. The van der Waals surface area contributed by atoms with Crippen LogP contribution in [0.4, 0.5) is 0 Å². The van der Waals surface area contributed by atoms with Crippen LogP contribution in [0.3, 0.4) is 0 Å². The lowest BCUT2D eigenvalue weighted by Gasteiger charge is -1.97. The molecule has 0 atom stereocenters. The van der Waals surface area contributed by atoms with Crippen LogP contribution in [0.2, 0.25) is 5.15 Å². The van der Waals surface area contributed by atoms with E-state index in [0.717, 1.165) is 0 Å². The number of carbonyl (C=O) groups excluding carboxylic acids is 1. The number of rotatable bonds is 2. The molecule has 2 aromatic heterocycles. The first-order chi connectivity index (χ1) is 7.61. The minimum absolute atomic E-state index is 0.132. The third-order valence-electron chi connectivity index (χ3n) is 2.17. The van der Waals surface area contributed by atoms with Gasteiger partial charge in [0.25, 0.3) is 0 Å². The molecule has 16 heavy (non-hydrogen) atoms. The minimum atomic E-state index is -0.132. The van der Waals surface area contributed by atoms with Gasteiger partial charge in [-0.25, -0.2) is 15.0 Å². The number of imidazole rings is 1. The molecule has 0 radical (unpaired) electrons. The standard InChI is InChI=1S/C10H9ClN4O/c1-6(16)10-14-8(9(11)15(10)2)7-3-12-5-13-4-7/h3-5H,1-2H3. The number of carbonyl (C=O) groups is 1. The highest BCUT2D eigenvalue weighted by atomic mass is 35.5. The van der Waals surface area contributed by atoms with Gasteiger partial charge < -0.3 is 4.57 Å². The van der Waals surface area contributed by atoms with Crippen molar-refractivity contribution in [3.8, 4) is 11.3 Å². The summed E-state index contributed by atoms with van der Waals surface area (Å²) in [4.78, 5) is 23.2. The van der Waals surface area contributed by atoms with Crippen molar-refractivity contribution in [3.05, 3.63) is 29.7 Å². The van der Waals surface area contributed by atoms with Crippen LogP contribution < -0.4 is 0 Å². The topological polar surface area (TPSA) is 60.7 Å². The fraction of sp³-hybridized carbons (Fsp3) is 0.200. The summed E-state index contributed by atoms with van der Waals surface area (Å²) < 4.78 is 1.55. The molecule has 0 saturated heterocycles. The van der Waals surface area contributed by atoms with E-state index in [2.05, 4.69) is 15.0 Å². The maximum absolute atomic E-state index is 11.3. The predicted octanol–water partition coefficient (Wildman–Crippen LogP) is 1.73. The van der Waals surface area contributed by atoms with Crippen molar-refractivity contribution in [2.75, 3.05) is 0 Å². The Hall–Kier alpha value is -1.75. The van der Waals surface area contributed by atoms with Crippen LogP contribution in [0.25, 0.3) is 11.3 Å². The molecule has 0 unspecified atom stereocenters. The molecule has 0 amide bonds. The largest absolute Gasteiger partial charge is 0.315 e. The average molecular weight is 237 g/mol. The molecule has 0 saturated carbocycles. The van der Waals surface area contributed by atoms with Crippen molar-refractivity contribution >= 4 is 17.4 Å². The summed E-state index contributed by atoms with van der Waals surface area (Å²) in [7, 11) is 1.69. The Morgan fingerprint density at radius 1 is 1.38 bits per heavy atom. The van der Waals surface area contributed by atoms with Crippen molar-refractivity contribution in [3.63, 3.8) is 0 Å². The molecule has 0 aliphatic rings. The maximum Gasteiger partial charge on any atom is 0.195 e. The van der Waals surface area contributed by atoms with Crippen molar-refractivity contribution in [2.24, 2.45) is 7.05 Å². The molecule has 6 heteroatoms. The number of halogens is 1. The smallest absolute Gasteiger partial charge is 0.195 e. The van der Waals surface area contributed by atoms with E-state index in [9.17, 15) is 4.79 Å². The highest BCUT2D eigenvalue weighted by molar-refractivity contribution is 6.32. The molecular weight excluding hydrogens is 228 g/mol. The molecule has 2 heterocycles. The normalized spacial score (nSPS) is 10.4. The Labute approximate surface area is 97.1 Å². The zero-order valence-corrected chi connectivity index (χ0v) is 9.56. The molecule has 0 bridgehead atoms. The van der Waals surface area contributed by atoms with Crippen LogP contribution in [-0.4, -0.2) is 25.3 Å². The first-order valence-corrected chi connectivity index (χ1v) is 4.97. The first-order valence-electron chi connectivity index (χ1n) is 4.59. The van der Waals surface area contributed by atoms with E-state index in [1.165, 1.54) is 13.3 Å². The van der Waals surface area contributed by atoms with Crippen molar-refractivity contribution in [2.45, 2.75) is 6.92 Å². The molecule has 0 aliphatic carbocycles. The monoisotopic (exact) mass is 236 g/mol. The highest BCUT2D eigenvalue weighted by Crippen LogP contribution is 2.26.